The van der Waals surface area contributed by atoms with Crippen LogP contribution in [0.4, 0.5) is 0 Å². The third-order valence-corrected chi connectivity index (χ3v) is 6.45. The first-order valence-electron chi connectivity index (χ1n) is 11.6. The van der Waals surface area contributed by atoms with E-state index in [1.807, 2.05) is 0 Å². The first-order chi connectivity index (χ1) is 17.9. The highest BCUT2D eigenvalue weighted by Crippen LogP contribution is 2.33. The Balaban J connectivity index is 1.87. The summed E-state index contributed by atoms with van der Waals surface area (Å²) < 4.78 is 32.2. The van der Waals surface area contributed by atoms with Gasteiger partial charge in [0.2, 0.25) is 0 Å². The molecule has 3 fully saturated rings. The third-order valence-electron chi connectivity index (χ3n) is 6.45. The zero-order chi connectivity index (χ0) is 28.3. The molecule has 18 heteroatoms. The van der Waals surface area contributed by atoms with E-state index in [1.165, 1.54) is 0 Å². The largest absolute Gasteiger partial charge is 0.480 e. The van der Waals surface area contributed by atoms with Gasteiger partial charge in [0.15, 0.2) is 18.9 Å². The molecule has 0 aromatic rings. The zero-order valence-corrected chi connectivity index (χ0v) is 19.8. The number of ether oxygens (including phenoxy) is 6. The summed E-state index contributed by atoms with van der Waals surface area (Å²) in [6.07, 6.45) is -26.3. The highest BCUT2D eigenvalue weighted by Gasteiger charge is 2.54. The number of aliphatic hydroxyl groups is 10. The molecule has 3 heterocycles. The first kappa shape index (κ1) is 31.4. The minimum Gasteiger partial charge on any atom is -0.480 e. The highest BCUT2D eigenvalue weighted by atomic mass is 16.8. The van der Waals surface area contributed by atoms with Crippen molar-refractivity contribution < 1.29 is 89.4 Å². The molecular formula is C20H34O18. The van der Waals surface area contributed by atoms with E-state index >= 15 is 0 Å². The molecule has 222 valence electrons. The molecule has 15 atom stereocenters. The lowest BCUT2D eigenvalue weighted by Gasteiger charge is -2.48. The summed E-state index contributed by atoms with van der Waals surface area (Å²) in [6, 6.07) is 0. The summed E-state index contributed by atoms with van der Waals surface area (Å²) >= 11 is 0. The Hall–Kier alpha value is -1.17. The highest BCUT2D eigenvalue weighted by molar-refractivity contribution is 5.68. The van der Waals surface area contributed by atoms with Crippen molar-refractivity contribution in [2.75, 3.05) is 26.4 Å². The Bertz CT molecular complexity index is 755. The number of hydrogen-bond donors (Lipinski definition) is 11. The number of rotatable bonds is 10. The van der Waals surface area contributed by atoms with E-state index in [1.54, 1.807) is 0 Å². The molecule has 38 heavy (non-hydrogen) atoms. The van der Waals surface area contributed by atoms with Gasteiger partial charge in [0.25, 0.3) is 0 Å². The fraction of sp³-hybridized carbons (Fsp3) is 0.950. The molecule has 3 rings (SSSR count). The van der Waals surface area contributed by atoms with Gasteiger partial charge in [-0.05, 0) is 0 Å². The van der Waals surface area contributed by atoms with Crippen LogP contribution in [0.25, 0.3) is 0 Å². The molecule has 0 aliphatic carbocycles. The summed E-state index contributed by atoms with van der Waals surface area (Å²) in [5.74, 6) is -1.44. The summed E-state index contributed by atoms with van der Waals surface area (Å²) in [5.41, 5.74) is 0. The number of aliphatic carboxylic acids is 1. The van der Waals surface area contributed by atoms with Crippen LogP contribution < -0.4 is 0 Å². The number of carboxylic acid groups (broad SMARTS) is 1. The number of hydrogen-bond acceptors (Lipinski definition) is 17. The molecule has 3 aliphatic rings. The van der Waals surface area contributed by atoms with Crippen LogP contribution in [-0.4, -0.2) is 181 Å². The predicted octanol–water partition coefficient (Wildman–Crippen LogP) is -7.46. The summed E-state index contributed by atoms with van der Waals surface area (Å²) in [4.78, 5) is 11.0. The van der Waals surface area contributed by atoms with Crippen molar-refractivity contribution in [3.8, 4) is 0 Å². The molecule has 0 saturated carbocycles. The maximum atomic E-state index is 11.0. The van der Waals surface area contributed by atoms with Crippen LogP contribution in [0.2, 0.25) is 0 Å². The van der Waals surface area contributed by atoms with Crippen molar-refractivity contribution in [2.24, 2.45) is 0 Å². The fourth-order valence-electron chi connectivity index (χ4n) is 4.29. The van der Waals surface area contributed by atoms with Crippen LogP contribution in [-0.2, 0) is 33.2 Å². The van der Waals surface area contributed by atoms with Crippen LogP contribution in [0.15, 0.2) is 0 Å². The summed E-state index contributed by atoms with van der Waals surface area (Å²) in [5, 5.41) is 110. The lowest BCUT2D eigenvalue weighted by molar-refractivity contribution is -0.393. The van der Waals surface area contributed by atoms with Crippen molar-refractivity contribution in [3.63, 3.8) is 0 Å². The van der Waals surface area contributed by atoms with Crippen LogP contribution in [0.1, 0.15) is 0 Å². The van der Waals surface area contributed by atoms with Crippen LogP contribution >= 0.6 is 0 Å². The maximum Gasteiger partial charge on any atom is 0.329 e. The molecule has 0 radical (unpaired) electrons. The van der Waals surface area contributed by atoms with Gasteiger partial charge in [0.05, 0.1) is 19.8 Å². The van der Waals surface area contributed by atoms with Gasteiger partial charge in [-0.3, -0.25) is 0 Å². The first-order valence-corrected chi connectivity index (χ1v) is 11.6. The molecular weight excluding hydrogens is 528 g/mol. The van der Waals surface area contributed by atoms with Gasteiger partial charge in [-0.2, -0.15) is 0 Å². The van der Waals surface area contributed by atoms with E-state index in [-0.39, 0.29) is 0 Å². The molecule has 0 unspecified atom stereocenters. The van der Waals surface area contributed by atoms with Crippen molar-refractivity contribution in [1.82, 2.24) is 0 Å². The Morgan fingerprint density at radius 1 is 0.553 bits per heavy atom. The second kappa shape index (κ2) is 13.5. The number of carbonyl (C=O) groups is 1. The van der Waals surface area contributed by atoms with Gasteiger partial charge in [-0.1, -0.05) is 0 Å². The molecule has 0 bridgehead atoms. The van der Waals surface area contributed by atoms with Gasteiger partial charge in [-0.25, -0.2) is 4.79 Å². The molecule has 11 N–H and O–H groups in total. The molecule has 0 amide bonds. The van der Waals surface area contributed by atoms with E-state index in [9.17, 15) is 55.9 Å². The Morgan fingerprint density at radius 2 is 0.947 bits per heavy atom. The average Bonchev–Trinajstić information content (AvgIpc) is 2.89. The minimum atomic E-state index is -1.94. The van der Waals surface area contributed by atoms with Crippen LogP contribution in [0.3, 0.4) is 0 Å². The Labute approximate surface area is 214 Å². The quantitative estimate of drug-likeness (QED) is 0.118. The van der Waals surface area contributed by atoms with Crippen LogP contribution in [0, 0.1) is 0 Å². The normalized spacial score (nSPS) is 48.1. The zero-order valence-electron chi connectivity index (χ0n) is 19.8. The van der Waals surface area contributed by atoms with E-state index in [4.69, 9.17) is 33.5 Å². The van der Waals surface area contributed by atoms with E-state index in [2.05, 4.69) is 0 Å². The minimum absolute atomic E-state index is 0.794. The van der Waals surface area contributed by atoms with Gasteiger partial charge >= 0.3 is 5.97 Å². The van der Waals surface area contributed by atoms with Gasteiger partial charge in [0, 0.05) is 0 Å². The standard InChI is InChI=1S/C20H34O18/c21-1-5-9(26)12(29)15(32)18(34-5)37-17-14(31)11(28)7(3-23)36-20(17)38-16-13(30)10(27)6(2-22)35-19(16)33-4-8(24)25/h5-7,9-23,26-32H,1-4H2,(H,24,25)/t5-,6-,7-,9-,10-,11-,12+,13+,14+,15+,16+,17+,18-,19+,20-/m1/s1. The average molecular weight is 562 g/mol. The summed E-state index contributed by atoms with van der Waals surface area (Å²) in [6.45, 7) is -3.40. The Morgan fingerprint density at radius 3 is 1.42 bits per heavy atom. The number of carboxylic acids is 1. The fourth-order valence-corrected chi connectivity index (χ4v) is 4.29. The molecule has 0 aromatic carbocycles. The topological polar surface area (TPSA) is 295 Å². The van der Waals surface area contributed by atoms with Gasteiger partial charge in [-0.15, -0.1) is 0 Å². The second-order valence-corrected chi connectivity index (χ2v) is 9.02. The molecule has 3 aliphatic heterocycles. The lowest BCUT2D eigenvalue weighted by Crippen LogP contribution is -2.67. The lowest BCUT2D eigenvalue weighted by atomic mass is 9.96. The second-order valence-electron chi connectivity index (χ2n) is 9.02. The number of aliphatic hydroxyl groups excluding tert-OH is 10. The third kappa shape index (κ3) is 6.58. The summed E-state index contributed by atoms with van der Waals surface area (Å²) in [7, 11) is 0. The molecule has 3 saturated heterocycles. The molecule has 0 aromatic heterocycles. The van der Waals surface area contributed by atoms with Gasteiger partial charge in [0.1, 0.15) is 79.9 Å². The smallest absolute Gasteiger partial charge is 0.329 e. The SMILES string of the molecule is O=C(O)CO[C@H]1O[C@H](CO)[C@@H](O)[C@H](O)[C@@H]1O[C@H]1O[C@H](CO)[C@@H](O)[C@H](O)[C@@H]1O[C@H]1O[C@H](CO)[C@@H](O)[C@H](O)[C@@H]1O. The molecule has 18 nitrogen and oxygen atoms in total. The van der Waals surface area contributed by atoms with E-state index in [0.717, 1.165) is 0 Å². The monoisotopic (exact) mass is 562 g/mol. The molecule has 0 spiro atoms. The van der Waals surface area contributed by atoms with Crippen molar-refractivity contribution >= 4 is 5.97 Å². The predicted molar refractivity (Wildman–Crippen MR) is 113 cm³/mol. The Kier molecular flexibility index (Phi) is 11.1. The van der Waals surface area contributed by atoms with Crippen molar-refractivity contribution in [3.05, 3.63) is 0 Å². The van der Waals surface area contributed by atoms with E-state index in [0.29, 0.717) is 0 Å². The maximum absolute atomic E-state index is 11.0. The van der Waals surface area contributed by atoms with Crippen molar-refractivity contribution in [1.29, 1.82) is 0 Å². The van der Waals surface area contributed by atoms with E-state index < -0.39 is 125 Å². The van der Waals surface area contributed by atoms with Crippen LogP contribution in [0.5, 0.6) is 0 Å². The van der Waals surface area contributed by atoms with Crippen molar-refractivity contribution in [2.45, 2.75) is 92.1 Å². The van der Waals surface area contributed by atoms with Gasteiger partial charge < -0.3 is 84.6 Å².